The first-order valence-electron chi connectivity index (χ1n) is 5.42. The number of ether oxygens (including phenoxy) is 1. The summed E-state index contributed by atoms with van der Waals surface area (Å²) in [6.45, 7) is 1.96. The van der Waals surface area contributed by atoms with Gasteiger partial charge >= 0.3 is 5.97 Å². The van der Waals surface area contributed by atoms with Gasteiger partial charge in [0.2, 0.25) is 0 Å². The van der Waals surface area contributed by atoms with Crippen molar-refractivity contribution in [2.45, 2.75) is 6.92 Å². The van der Waals surface area contributed by atoms with Crippen LogP contribution in [0.5, 0.6) is 0 Å². The third kappa shape index (κ3) is 2.63. The van der Waals surface area contributed by atoms with Crippen LogP contribution in [0.3, 0.4) is 0 Å². The number of anilines is 2. The van der Waals surface area contributed by atoms with E-state index in [4.69, 9.17) is 0 Å². The van der Waals surface area contributed by atoms with Gasteiger partial charge in [0, 0.05) is 24.3 Å². The van der Waals surface area contributed by atoms with Gasteiger partial charge in [-0.05, 0) is 30.7 Å². The predicted molar refractivity (Wildman–Crippen MR) is 67.8 cm³/mol. The van der Waals surface area contributed by atoms with E-state index < -0.39 is 5.97 Å². The van der Waals surface area contributed by atoms with Crippen LogP contribution in [0, 0.1) is 6.92 Å². The second-order valence-electron chi connectivity index (χ2n) is 3.74. The molecular weight excluding hydrogens is 230 g/mol. The van der Waals surface area contributed by atoms with E-state index in [1.165, 1.54) is 13.3 Å². The summed E-state index contributed by atoms with van der Waals surface area (Å²) in [7, 11) is 1.34. The molecule has 0 radical (unpaired) electrons. The highest BCUT2D eigenvalue weighted by molar-refractivity contribution is 5.89. The minimum absolute atomic E-state index is 0.394. The molecule has 0 amide bonds. The van der Waals surface area contributed by atoms with E-state index >= 15 is 0 Å². The molecule has 2 heterocycles. The molecule has 0 atom stereocenters. The Morgan fingerprint density at radius 3 is 2.72 bits per heavy atom. The Kier molecular flexibility index (Phi) is 3.52. The molecule has 2 rings (SSSR count). The number of esters is 1. The Morgan fingerprint density at radius 2 is 2.11 bits per heavy atom. The maximum atomic E-state index is 11.2. The van der Waals surface area contributed by atoms with E-state index in [-0.39, 0.29) is 0 Å². The van der Waals surface area contributed by atoms with Crippen LogP contribution >= 0.6 is 0 Å². The number of carbonyl (C=O) groups excluding carboxylic acids is 1. The van der Waals surface area contributed by atoms with Gasteiger partial charge in [-0.1, -0.05) is 0 Å². The maximum absolute atomic E-state index is 11.2. The molecule has 18 heavy (non-hydrogen) atoms. The molecule has 5 heteroatoms. The van der Waals surface area contributed by atoms with Gasteiger partial charge in [0.1, 0.15) is 5.82 Å². The first-order chi connectivity index (χ1) is 8.70. The lowest BCUT2D eigenvalue weighted by Gasteiger charge is -2.08. The van der Waals surface area contributed by atoms with Crippen LogP contribution in [0.2, 0.25) is 0 Å². The topological polar surface area (TPSA) is 64.1 Å². The summed E-state index contributed by atoms with van der Waals surface area (Å²) >= 11 is 0. The molecule has 0 aromatic carbocycles. The third-order valence-electron chi connectivity index (χ3n) is 2.47. The molecule has 0 aliphatic carbocycles. The lowest BCUT2D eigenvalue weighted by Crippen LogP contribution is -2.03. The largest absolute Gasteiger partial charge is 0.465 e. The quantitative estimate of drug-likeness (QED) is 0.838. The van der Waals surface area contributed by atoms with Crippen molar-refractivity contribution in [1.82, 2.24) is 9.97 Å². The van der Waals surface area contributed by atoms with Crippen molar-refractivity contribution < 1.29 is 9.53 Å². The molecule has 0 fully saturated rings. The maximum Gasteiger partial charge on any atom is 0.339 e. The summed E-state index contributed by atoms with van der Waals surface area (Å²) < 4.78 is 4.61. The third-order valence-corrected chi connectivity index (χ3v) is 2.47. The van der Waals surface area contributed by atoms with E-state index in [0.29, 0.717) is 11.4 Å². The number of rotatable bonds is 3. The van der Waals surface area contributed by atoms with Gasteiger partial charge in [0.05, 0.1) is 12.7 Å². The molecule has 0 spiro atoms. The molecule has 0 saturated carbocycles. The second-order valence-corrected chi connectivity index (χ2v) is 3.74. The Morgan fingerprint density at radius 1 is 1.28 bits per heavy atom. The van der Waals surface area contributed by atoms with Crippen molar-refractivity contribution >= 4 is 17.5 Å². The van der Waals surface area contributed by atoms with Gasteiger partial charge in [0.25, 0.3) is 0 Å². The average molecular weight is 243 g/mol. The Hall–Kier alpha value is -2.43. The predicted octanol–water partition coefficient (Wildman–Crippen LogP) is 2.32. The summed E-state index contributed by atoms with van der Waals surface area (Å²) in [6.07, 6.45) is 4.95. The number of carbonyl (C=O) groups is 1. The summed E-state index contributed by atoms with van der Waals surface area (Å²) in [4.78, 5) is 19.4. The van der Waals surface area contributed by atoms with Gasteiger partial charge in [-0.25, -0.2) is 9.78 Å². The minimum Gasteiger partial charge on any atom is -0.465 e. The van der Waals surface area contributed by atoms with Crippen LogP contribution in [0.4, 0.5) is 11.5 Å². The normalized spacial score (nSPS) is 9.89. The van der Waals surface area contributed by atoms with Crippen LogP contribution in [0.1, 0.15) is 15.9 Å². The molecule has 2 aromatic heterocycles. The molecule has 2 aromatic rings. The fourth-order valence-corrected chi connectivity index (χ4v) is 1.46. The van der Waals surface area contributed by atoms with E-state index in [2.05, 4.69) is 20.0 Å². The summed E-state index contributed by atoms with van der Waals surface area (Å²) in [5.41, 5.74) is 2.38. The van der Waals surface area contributed by atoms with E-state index in [0.717, 1.165) is 11.3 Å². The SMILES string of the molecule is COC(=O)c1ccc(Nc2ccncc2C)nc1. The monoisotopic (exact) mass is 243 g/mol. The zero-order valence-corrected chi connectivity index (χ0v) is 10.2. The zero-order valence-electron chi connectivity index (χ0n) is 10.2. The molecule has 0 aliphatic rings. The highest BCUT2D eigenvalue weighted by Crippen LogP contribution is 2.17. The lowest BCUT2D eigenvalue weighted by atomic mass is 10.2. The molecule has 0 bridgehead atoms. The van der Waals surface area contributed by atoms with Crippen LogP contribution < -0.4 is 5.32 Å². The first kappa shape index (κ1) is 12.0. The van der Waals surface area contributed by atoms with Gasteiger partial charge in [0.15, 0.2) is 0 Å². The highest BCUT2D eigenvalue weighted by Gasteiger charge is 2.05. The second kappa shape index (κ2) is 5.27. The summed E-state index contributed by atoms with van der Waals surface area (Å²) in [6, 6.07) is 5.26. The molecule has 0 aliphatic heterocycles. The number of hydrogen-bond donors (Lipinski definition) is 1. The van der Waals surface area contributed by atoms with E-state index in [1.54, 1.807) is 24.5 Å². The van der Waals surface area contributed by atoms with Gasteiger partial charge in [-0.3, -0.25) is 4.98 Å². The first-order valence-corrected chi connectivity index (χ1v) is 5.42. The van der Waals surface area contributed by atoms with Crippen molar-refractivity contribution in [3.8, 4) is 0 Å². The molecule has 5 nitrogen and oxygen atoms in total. The number of methoxy groups -OCH3 is 1. The molecule has 92 valence electrons. The summed E-state index contributed by atoms with van der Waals surface area (Å²) in [5, 5.41) is 3.15. The number of nitrogens with one attached hydrogen (secondary N) is 1. The Balaban J connectivity index is 2.16. The Bertz CT molecular complexity index is 552. The average Bonchev–Trinajstić information content (AvgIpc) is 2.41. The molecular formula is C13H13N3O2. The number of pyridine rings is 2. The summed E-state index contributed by atoms with van der Waals surface area (Å²) in [5.74, 6) is 0.270. The lowest BCUT2D eigenvalue weighted by molar-refractivity contribution is 0.0600. The zero-order chi connectivity index (χ0) is 13.0. The van der Waals surface area contributed by atoms with Crippen molar-refractivity contribution in [3.63, 3.8) is 0 Å². The van der Waals surface area contributed by atoms with Crippen molar-refractivity contribution in [2.75, 3.05) is 12.4 Å². The van der Waals surface area contributed by atoms with Crippen molar-refractivity contribution in [3.05, 3.63) is 47.9 Å². The molecule has 1 N–H and O–H groups in total. The van der Waals surface area contributed by atoms with Crippen LogP contribution in [-0.4, -0.2) is 23.0 Å². The fourth-order valence-electron chi connectivity index (χ4n) is 1.46. The van der Waals surface area contributed by atoms with E-state index in [9.17, 15) is 4.79 Å². The smallest absolute Gasteiger partial charge is 0.339 e. The standard InChI is InChI=1S/C13H13N3O2/c1-9-7-14-6-5-11(9)16-12-4-3-10(8-15-12)13(17)18-2/h3-8H,1-2H3,(H,14,15,16). The van der Waals surface area contributed by atoms with Crippen LogP contribution in [0.25, 0.3) is 0 Å². The van der Waals surface area contributed by atoms with Crippen LogP contribution in [-0.2, 0) is 4.74 Å². The minimum atomic E-state index is -0.394. The number of aromatic nitrogens is 2. The van der Waals surface area contributed by atoms with E-state index in [1.807, 2.05) is 13.0 Å². The van der Waals surface area contributed by atoms with Crippen LogP contribution in [0.15, 0.2) is 36.8 Å². The molecule has 0 saturated heterocycles. The fraction of sp³-hybridized carbons (Fsp3) is 0.154. The van der Waals surface area contributed by atoms with Gasteiger partial charge in [-0.15, -0.1) is 0 Å². The molecule has 0 unspecified atom stereocenters. The van der Waals surface area contributed by atoms with Gasteiger partial charge < -0.3 is 10.1 Å². The van der Waals surface area contributed by atoms with Gasteiger partial charge in [-0.2, -0.15) is 0 Å². The number of aryl methyl sites for hydroxylation is 1. The Labute approximate surface area is 105 Å². The number of hydrogen-bond acceptors (Lipinski definition) is 5. The highest BCUT2D eigenvalue weighted by atomic mass is 16.5. The van der Waals surface area contributed by atoms with Crippen molar-refractivity contribution in [1.29, 1.82) is 0 Å². The number of nitrogens with zero attached hydrogens (tertiary/aromatic N) is 2. The van der Waals surface area contributed by atoms with Crippen molar-refractivity contribution in [2.24, 2.45) is 0 Å².